The number of nitrogens with zero attached hydrogens (tertiary/aromatic N) is 1. The lowest BCUT2D eigenvalue weighted by Crippen LogP contribution is -2.33. The standard InChI is InChI=1S/C15H16N2O4/c1-9-8-21-13-3-2-11(6-12(9)13)16-15(20)17-5-4-10(7-17)14(18)19/h2-3,6,8,10H,4-5,7H2,1H3,(H,16,20)(H,18,19). The first-order valence-corrected chi connectivity index (χ1v) is 6.81. The van der Waals surface area contributed by atoms with Crippen molar-refractivity contribution in [2.45, 2.75) is 13.3 Å². The molecular formula is C15H16N2O4. The van der Waals surface area contributed by atoms with Crippen molar-refractivity contribution < 1.29 is 19.1 Å². The van der Waals surface area contributed by atoms with Crippen LogP contribution in [0, 0.1) is 12.8 Å². The number of urea groups is 1. The van der Waals surface area contributed by atoms with E-state index in [2.05, 4.69) is 5.32 Å². The van der Waals surface area contributed by atoms with Crippen molar-refractivity contribution in [1.82, 2.24) is 4.90 Å². The molecule has 6 heteroatoms. The van der Waals surface area contributed by atoms with Gasteiger partial charge in [0.15, 0.2) is 0 Å². The third-order valence-corrected chi connectivity index (χ3v) is 3.84. The molecule has 110 valence electrons. The Bertz CT molecular complexity index is 707. The third kappa shape index (κ3) is 2.56. The van der Waals surface area contributed by atoms with Crippen LogP contribution in [0.15, 0.2) is 28.9 Å². The number of carbonyl (C=O) groups excluding carboxylic acids is 1. The van der Waals surface area contributed by atoms with Crippen LogP contribution >= 0.6 is 0 Å². The molecule has 2 aromatic rings. The molecule has 1 unspecified atom stereocenters. The molecule has 0 aliphatic carbocycles. The zero-order valence-electron chi connectivity index (χ0n) is 11.6. The van der Waals surface area contributed by atoms with E-state index in [9.17, 15) is 9.59 Å². The fraction of sp³-hybridized carbons (Fsp3) is 0.333. The van der Waals surface area contributed by atoms with Crippen LogP contribution in [0.25, 0.3) is 11.0 Å². The van der Waals surface area contributed by atoms with Crippen molar-refractivity contribution in [3.8, 4) is 0 Å². The van der Waals surface area contributed by atoms with Gasteiger partial charge in [-0.15, -0.1) is 0 Å². The normalized spacial score (nSPS) is 18.1. The third-order valence-electron chi connectivity index (χ3n) is 3.84. The van der Waals surface area contributed by atoms with E-state index < -0.39 is 11.9 Å². The Hall–Kier alpha value is -2.50. The summed E-state index contributed by atoms with van der Waals surface area (Å²) in [5.74, 6) is -1.31. The lowest BCUT2D eigenvalue weighted by atomic mass is 10.1. The first-order valence-electron chi connectivity index (χ1n) is 6.81. The number of amides is 2. The number of carboxylic acids is 1. The summed E-state index contributed by atoms with van der Waals surface area (Å²) in [6, 6.07) is 5.17. The Balaban J connectivity index is 1.71. The van der Waals surface area contributed by atoms with Crippen LogP contribution in [0.3, 0.4) is 0 Å². The summed E-state index contributed by atoms with van der Waals surface area (Å²) in [4.78, 5) is 24.6. The largest absolute Gasteiger partial charge is 0.481 e. The number of aliphatic carboxylic acids is 1. The number of nitrogens with one attached hydrogen (secondary N) is 1. The van der Waals surface area contributed by atoms with E-state index >= 15 is 0 Å². The van der Waals surface area contributed by atoms with Gasteiger partial charge in [0.1, 0.15) is 5.58 Å². The van der Waals surface area contributed by atoms with E-state index in [1.54, 1.807) is 12.3 Å². The van der Waals surface area contributed by atoms with Gasteiger partial charge in [-0.2, -0.15) is 0 Å². The van der Waals surface area contributed by atoms with Crippen LogP contribution in [-0.2, 0) is 4.79 Å². The highest BCUT2D eigenvalue weighted by Crippen LogP contribution is 2.24. The lowest BCUT2D eigenvalue weighted by molar-refractivity contribution is -0.141. The molecule has 1 aromatic carbocycles. The molecule has 0 radical (unpaired) electrons. The predicted octanol–water partition coefficient (Wildman–Crippen LogP) is 2.68. The number of anilines is 1. The maximum Gasteiger partial charge on any atom is 0.321 e. The van der Waals surface area contributed by atoms with Gasteiger partial charge in [0, 0.05) is 24.2 Å². The van der Waals surface area contributed by atoms with Crippen molar-refractivity contribution in [3.05, 3.63) is 30.0 Å². The van der Waals surface area contributed by atoms with Crippen LogP contribution < -0.4 is 5.32 Å². The maximum absolute atomic E-state index is 12.1. The van der Waals surface area contributed by atoms with Crippen molar-refractivity contribution in [3.63, 3.8) is 0 Å². The molecule has 1 aliphatic heterocycles. The van der Waals surface area contributed by atoms with Gasteiger partial charge in [-0.25, -0.2) is 4.79 Å². The molecule has 1 fully saturated rings. The molecule has 1 aromatic heterocycles. The molecule has 3 rings (SSSR count). The Morgan fingerprint density at radius 3 is 2.95 bits per heavy atom. The van der Waals surface area contributed by atoms with Gasteiger partial charge in [0.2, 0.25) is 0 Å². The van der Waals surface area contributed by atoms with E-state index in [1.807, 2.05) is 19.1 Å². The van der Waals surface area contributed by atoms with Crippen LogP contribution in [-0.4, -0.2) is 35.1 Å². The van der Waals surface area contributed by atoms with Crippen molar-refractivity contribution in [2.75, 3.05) is 18.4 Å². The van der Waals surface area contributed by atoms with E-state index in [0.29, 0.717) is 18.7 Å². The fourth-order valence-electron chi connectivity index (χ4n) is 2.58. The Morgan fingerprint density at radius 2 is 2.24 bits per heavy atom. The summed E-state index contributed by atoms with van der Waals surface area (Å²) in [5.41, 5.74) is 2.46. The first-order chi connectivity index (χ1) is 10.0. The van der Waals surface area contributed by atoms with Gasteiger partial charge in [-0.05, 0) is 37.1 Å². The fourth-order valence-corrected chi connectivity index (χ4v) is 2.58. The van der Waals surface area contributed by atoms with Crippen LogP contribution in [0.2, 0.25) is 0 Å². The second kappa shape index (κ2) is 5.12. The van der Waals surface area contributed by atoms with Crippen LogP contribution in [0.5, 0.6) is 0 Å². The summed E-state index contributed by atoms with van der Waals surface area (Å²) < 4.78 is 5.36. The number of fused-ring (bicyclic) bond motifs is 1. The van der Waals surface area contributed by atoms with Gasteiger partial charge < -0.3 is 19.7 Å². The smallest absolute Gasteiger partial charge is 0.321 e. The number of carbonyl (C=O) groups is 2. The highest BCUT2D eigenvalue weighted by atomic mass is 16.4. The van der Waals surface area contributed by atoms with Gasteiger partial charge >= 0.3 is 12.0 Å². The number of furan rings is 1. The van der Waals surface area contributed by atoms with Crippen molar-refractivity contribution in [1.29, 1.82) is 0 Å². The molecule has 21 heavy (non-hydrogen) atoms. The lowest BCUT2D eigenvalue weighted by Gasteiger charge is -2.16. The number of hydrogen-bond donors (Lipinski definition) is 2. The Labute approximate surface area is 121 Å². The summed E-state index contributed by atoms with van der Waals surface area (Å²) in [6.07, 6.45) is 2.18. The molecule has 2 amide bonds. The molecule has 0 bridgehead atoms. The average molecular weight is 288 g/mol. The minimum atomic E-state index is -0.847. The molecule has 0 saturated carbocycles. The molecule has 2 heterocycles. The summed E-state index contributed by atoms with van der Waals surface area (Å²) in [7, 11) is 0. The quantitative estimate of drug-likeness (QED) is 0.890. The molecule has 0 spiro atoms. The zero-order chi connectivity index (χ0) is 15.0. The van der Waals surface area contributed by atoms with Gasteiger partial charge in [0.25, 0.3) is 0 Å². The monoisotopic (exact) mass is 288 g/mol. The topological polar surface area (TPSA) is 82.8 Å². The number of carboxylic acid groups (broad SMARTS) is 1. The Morgan fingerprint density at radius 1 is 1.43 bits per heavy atom. The first kappa shape index (κ1) is 13.5. The number of hydrogen-bond acceptors (Lipinski definition) is 3. The van der Waals surface area contributed by atoms with E-state index in [-0.39, 0.29) is 12.6 Å². The molecule has 2 N–H and O–H groups in total. The van der Waals surface area contributed by atoms with Crippen LogP contribution in [0.4, 0.5) is 10.5 Å². The highest BCUT2D eigenvalue weighted by molar-refractivity contribution is 5.93. The number of benzene rings is 1. The highest BCUT2D eigenvalue weighted by Gasteiger charge is 2.30. The molecule has 1 aliphatic rings. The molecule has 1 atom stereocenters. The zero-order valence-corrected chi connectivity index (χ0v) is 11.6. The second-order valence-corrected chi connectivity index (χ2v) is 5.33. The van der Waals surface area contributed by atoms with Gasteiger partial charge in [-0.1, -0.05) is 0 Å². The minimum Gasteiger partial charge on any atom is -0.481 e. The van der Waals surface area contributed by atoms with Gasteiger partial charge in [-0.3, -0.25) is 4.79 Å². The number of rotatable bonds is 2. The van der Waals surface area contributed by atoms with Crippen LogP contribution in [0.1, 0.15) is 12.0 Å². The SMILES string of the molecule is Cc1coc2ccc(NC(=O)N3CCC(C(=O)O)C3)cc12. The van der Waals surface area contributed by atoms with E-state index in [0.717, 1.165) is 16.5 Å². The van der Waals surface area contributed by atoms with Gasteiger partial charge in [0.05, 0.1) is 12.2 Å². The van der Waals surface area contributed by atoms with E-state index in [4.69, 9.17) is 9.52 Å². The summed E-state index contributed by atoms with van der Waals surface area (Å²) in [6.45, 7) is 2.67. The molecule has 6 nitrogen and oxygen atoms in total. The molecular weight excluding hydrogens is 272 g/mol. The van der Waals surface area contributed by atoms with E-state index in [1.165, 1.54) is 4.90 Å². The minimum absolute atomic E-state index is 0.258. The van der Waals surface area contributed by atoms with Crippen molar-refractivity contribution in [2.24, 2.45) is 5.92 Å². The summed E-state index contributed by atoms with van der Waals surface area (Å²) >= 11 is 0. The maximum atomic E-state index is 12.1. The summed E-state index contributed by atoms with van der Waals surface area (Å²) in [5, 5.41) is 12.7. The molecule has 1 saturated heterocycles. The Kier molecular flexibility index (Phi) is 3.29. The average Bonchev–Trinajstić information content (AvgIpc) is 3.07. The second-order valence-electron chi connectivity index (χ2n) is 5.33. The number of aryl methyl sites for hydroxylation is 1. The predicted molar refractivity (Wildman–Crippen MR) is 77.3 cm³/mol. The number of likely N-dealkylation sites (tertiary alicyclic amines) is 1. The van der Waals surface area contributed by atoms with Crippen molar-refractivity contribution >= 4 is 28.7 Å².